The monoisotopic (exact) mass is 418 g/mol. The minimum absolute atomic E-state index is 0.0774. The molecule has 1 atom stereocenters. The third-order valence-corrected chi connectivity index (χ3v) is 6.38. The van der Waals surface area contributed by atoms with Crippen LogP contribution in [0.3, 0.4) is 0 Å². The number of hydrogen-bond donors (Lipinski definition) is 0. The molecular weight excluding hydrogens is 392 g/mol. The normalized spacial score (nSPS) is 21.1. The lowest BCUT2D eigenvalue weighted by Gasteiger charge is -2.31. The highest BCUT2D eigenvalue weighted by Gasteiger charge is 2.43. The third kappa shape index (κ3) is 3.61. The summed E-state index contributed by atoms with van der Waals surface area (Å²) < 4.78 is 11.0. The van der Waals surface area contributed by atoms with Gasteiger partial charge in [-0.3, -0.25) is 14.5 Å². The van der Waals surface area contributed by atoms with Crippen molar-refractivity contribution in [1.29, 1.82) is 0 Å². The summed E-state index contributed by atoms with van der Waals surface area (Å²) in [6.45, 7) is 2.33. The number of amides is 2. The van der Waals surface area contributed by atoms with Gasteiger partial charge < -0.3 is 14.4 Å². The fraction of sp³-hybridized carbons (Fsp3) is 0.360. The molecule has 2 amide bonds. The fourth-order valence-electron chi connectivity index (χ4n) is 4.72. The molecule has 31 heavy (non-hydrogen) atoms. The van der Waals surface area contributed by atoms with E-state index in [9.17, 15) is 9.59 Å². The zero-order valence-electron chi connectivity index (χ0n) is 17.7. The lowest BCUT2D eigenvalue weighted by molar-refractivity contribution is -0.139. The summed E-state index contributed by atoms with van der Waals surface area (Å²) in [6, 6.07) is 15.7. The summed E-state index contributed by atoms with van der Waals surface area (Å²) in [6.07, 6.45) is 2.62. The zero-order valence-corrected chi connectivity index (χ0v) is 17.7. The van der Waals surface area contributed by atoms with Gasteiger partial charge in [0.2, 0.25) is 0 Å². The van der Waals surface area contributed by atoms with E-state index < -0.39 is 0 Å². The summed E-state index contributed by atoms with van der Waals surface area (Å²) in [5.41, 5.74) is 4.22. The second-order valence-corrected chi connectivity index (χ2v) is 8.25. The van der Waals surface area contributed by atoms with E-state index in [1.807, 2.05) is 36.4 Å². The maximum Gasteiger partial charge on any atom is 0.277 e. The van der Waals surface area contributed by atoms with Crippen LogP contribution in [0, 0.1) is 0 Å². The average molecular weight is 418 g/mol. The van der Waals surface area contributed by atoms with Crippen LogP contribution in [0.4, 0.5) is 0 Å². The minimum Gasteiger partial charge on any atom is -0.497 e. The van der Waals surface area contributed by atoms with Crippen LogP contribution in [-0.4, -0.2) is 54.5 Å². The van der Waals surface area contributed by atoms with E-state index >= 15 is 0 Å². The molecule has 6 heteroatoms. The quantitative estimate of drug-likeness (QED) is 0.699. The molecule has 0 spiro atoms. The Morgan fingerprint density at radius 3 is 2.52 bits per heavy atom. The standard InChI is InChI=1S/C25H26N2O4/c1-30-20-10-8-18(9-11-20)22-23(26-13-12-17-5-2-3-6-19(17)15-26)25(29)27(24(22)28)16-21-7-4-14-31-21/h2-3,5-6,8-11,21H,4,7,12-16H2,1H3. The van der Waals surface area contributed by atoms with Crippen molar-refractivity contribution in [3.05, 3.63) is 70.9 Å². The molecule has 160 valence electrons. The van der Waals surface area contributed by atoms with Crippen molar-refractivity contribution < 1.29 is 19.1 Å². The van der Waals surface area contributed by atoms with Gasteiger partial charge in [-0.2, -0.15) is 0 Å². The van der Waals surface area contributed by atoms with Crippen molar-refractivity contribution >= 4 is 17.4 Å². The highest BCUT2D eigenvalue weighted by Crippen LogP contribution is 2.35. The molecule has 2 aromatic rings. The number of ether oxygens (including phenoxy) is 2. The van der Waals surface area contributed by atoms with Gasteiger partial charge in [-0.05, 0) is 48.1 Å². The molecule has 6 nitrogen and oxygen atoms in total. The number of methoxy groups -OCH3 is 1. The Morgan fingerprint density at radius 1 is 1.03 bits per heavy atom. The summed E-state index contributed by atoms with van der Waals surface area (Å²) in [5.74, 6) is 0.260. The smallest absolute Gasteiger partial charge is 0.277 e. The van der Waals surface area contributed by atoms with Crippen LogP contribution in [-0.2, 0) is 27.3 Å². The van der Waals surface area contributed by atoms with Crippen LogP contribution in [0.25, 0.3) is 5.57 Å². The van der Waals surface area contributed by atoms with Crippen LogP contribution >= 0.6 is 0 Å². The largest absolute Gasteiger partial charge is 0.497 e. The molecule has 0 bridgehead atoms. The molecular formula is C25H26N2O4. The van der Waals surface area contributed by atoms with Gasteiger partial charge in [0.05, 0.1) is 25.3 Å². The predicted molar refractivity (Wildman–Crippen MR) is 116 cm³/mol. The van der Waals surface area contributed by atoms with E-state index in [2.05, 4.69) is 17.0 Å². The van der Waals surface area contributed by atoms with Crippen molar-refractivity contribution in [3.8, 4) is 5.75 Å². The van der Waals surface area contributed by atoms with E-state index in [1.165, 1.54) is 16.0 Å². The number of benzene rings is 2. The van der Waals surface area contributed by atoms with E-state index in [1.54, 1.807) is 7.11 Å². The first-order valence-electron chi connectivity index (χ1n) is 10.8. The minimum atomic E-state index is -0.237. The summed E-state index contributed by atoms with van der Waals surface area (Å²) >= 11 is 0. The second-order valence-electron chi connectivity index (χ2n) is 8.25. The van der Waals surface area contributed by atoms with Crippen LogP contribution in [0.15, 0.2) is 54.2 Å². The highest BCUT2D eigenvalue weighted by molar-refractivity contribution is 6.35. The van der Waals surface area contributed by atoms with Crippen LogP contribution in [0.2, 0.25) is 0 Å². The molecule has 0 saturated carbocycles. The fourth-order valence-corrected chi connectivity index (χ4v) is 4.72. The molecule has 1 unspecified atom stereocenters. The van der Waals surface area contributed by atoms with E-state index in [-0.39, 0.29) is 17.9 Å². The number of carbonyl (C=O) groups excluding carboxylic acids is 2. The SMILES string of the molecule is COc1ccc(C2=C(N3CCc4ccccc4C3)C(=O)N(CC3CCCO3)C2=O)cc1. The van der Waals surface area contributed by atoms with Crippen LogP contribution in [0.1, 0.15) is 29.5 Å². The van der Waals surface area contributed by atoms with Gasteiger partial charge in [-0.15, -0.1) is 0 Å². The number of rotatable bonds is 5. The van der Waals surface area contributed by atoms with Gasteiger partial charge in [-0.25, -0.2) is 0 Å². The average Bonchev–Trinajstić information content (AvgIpc) is 3.41. The Bertz CT molecular complexity index is 1040. The maximum absolute atomic E-state index is 13.5. The van der Waals surface area contributed by atoms with Gasteiger partial charge in [-0.1, -0.05) is 36.4 Å². The van der Waals surface area contributed by atoms with E-state index in [0.29, 0.717) is 43.3 Å². The van der Waals surface area contributed by atoms with Gasteiger partial charge >= 0.3 is 0 Å². The van der Waals surface area contributed by atoms with Gasteiger partial charge in [0.1, 0.15) is 11.4 Å². The van der Waals surface area contributed by atoms with E-state index in [0.717, 1.165) is 24.8 Å². The van der Waals surface area contributed by atoms with Gasteiger partial charge in [0.25, 0.3) is 11.8 Å². The Balaban J connectivity index is 1.53. The Labute approximate surface area is 182 Å². The maximum atomic E-state index is 13.5. The number of carbonyl (C=O) groups is 2. The molecule has 1 fully saturated rings. The van der Waals surface area contributed by atoms with Crippen LogP contribution < -0.4 is 4.74 Å². The summed E-state index contributed by atoms with van der Waals surface area (Å²) in [7, 11) is 1.61. The molecule has 2 aromatic carbocycles. The summed E-state index contributed by atoms with van der Waals surface area (Å²) in [5, 5.41) is 0. The van der Waals surface area contributed by atoms with Gasteiger partial charge in [0, 0.05) is 19.7 Å². The van der Waals surface area contributed by atoms with Crippen molar-refractivity contribution in [2.75, 3.05) is 26.8 Å². The Kier molecular flexibility index (Phi) is 5.24. The summed E-state index contributed by atoms with van der Waals surface area (Å²) in [4.78, 5) is 30.5. The molecule has 0 N–H and O–H groups in total. The lowest BCUT2D eigenvalue weighted by atomic mass is 9.98. The molecule has 3 aliphatic heterocycles. The van der Waals surface area contributed by atoms with Crippen LogP contribution in [0.5, 0.6) is 5.75 Å². The topological polar surface area (TPSA) is 59.1 Å². The molecule has 5 rings (SSSR count). The van der Waals surface area contributed by atoms with Crippen molar-refractivity contribution in [3.63, 3.8) is 0 Å². The molecule has 3 heterocycles. The Morgan fingerprint density at radius 2 is 1.81 bits per heavy atom. The van der Waals surface area contributed by atoms with E-state index in [4.69, 9.17) is 9.47 Å². The predicted octanol–water partition coefficient (Wildman–Crippen LogP) is 3.01. The molecule has 1 saturated heterocycles. The molecule has 3 aliphatic rings. The Hall–Kier alpha value is -3.12. The first-order valence-corrected chi connectivity index (χ1v) is 10.8. The number of imide groups is 1. The zero-order chi connectivity index (χ0) is 21.4. The van der Waals surface area contributed by atoms with Crippen molar-refractivity contribution in [2.24, 2.45) is 0 Å². The first-order chi connectivity index (χ1) is 15.2. The molecule has 0 radical (unpaired) electrons. The number of nitrogens with zero attached hydrogens (tertiary/aromatic N) is 2. The third-order valence-electron chi connectivity index (χ3n) is 6.38. The lowest BCUT2D eigenvalue weighted by Crippen LogP contribution is -2.40. The number of fused-ring (bicyclic) bond motifs is 1. The highest BCUT2D eigenvalue weighted by atomic mass is 16.5. The molecule has 0 aliphatic carbocycles. The van der Waals surface area contributed by atoms with Crippen molar-refractivity contribution in [1.82, 2.24) is 9.80 Å². The van der Waals surface area contributed by atoms with Crippen molar-refractivity contribution in [2.45, 2.75) is 31.9 Å². The molecule has 0 aromatic heterocycles. The van der Waals surface area contributed by atoms with Gasteiger partial charge in [0.15, 0.2) is 0 Å². The first kappa shape index (κ1) is 19.8. The second kappa shape index (κ2) is 8.19. The number of hydrogen-bond acceptors (Lipinski definition) is 5.